The molecule has 0 radical (unpaired) electrons. The van der Waals surface area contributed by atoms with E-state index in [9.17, 15) is 14.0 Å². The first-order chi connectivity index (χ1) is 13.8. The number of Topliss-reactive ketones (excluding diaryl/α,β-unsaturated/α-hetero) is 1. The van der Waals surface area contributed by atoms with E-state index in [1.54, 1.807) is 30.3 Å². The molecule has 3 aromatic rings. The minimum Gasteiger partial charge on any atom is -0.454 e. The van der Waals surface area contributed by atoms with Gasteiger partial charge in [0.1, 0.15) is 5.75 Å². The second kappa shape index (κ2) is 8.95. The number of rotatable bonds is 6. The molecular weight excluding hydrogens is 484 g/mol. The first-order valence-corrected chi connectivity index (χ1v) is 10.1. The van der Waals surface area contributed by atoms with Gasteiger partial charge in [-0.15, -0.1) is 0 Å². The van der Waals surface area contributed by atoms with Crippen molar-refractivity contribution in [2.24, 2.45) is 5.73 Å². The summed E-state index contributed by atoms with van der Waals surface area (Å²) >= 11 is 15.4. The Morgan fingerprint density at radius 3 is 2.31 bits per heavy atom. The number of nitrogens with two attached hydrogens (primary N) is 1. The molecule has 0 unspecified atom stereocenters. The van der Waals surface area contributed by atoms with Gasteiger partial charge in [-0.05, 0) is 54.1 Å². The van der Waals surface area contributed by atoms with Crippen molar-refractivity contribution in [3.8, 4) is 22.6 Å². The van der Waals surface area contributed by atoms with Crippen molar-refractivity contribution in [1.29, 1.82) is 0 Å². The van der Waals surface area contributed by atoms with Gasteiger partial charge in [0, 0.05) is 16.7 Å². The van der Waals surface area contributed by atoms with Crippen molar-refractivity contribution in [2.75, 3.05) is 5.33 Å². The predicted octanol–water partition coefficient (Wildman–Crippen LogP) is 6.27. The topological polar surface area (TPSA) is 69.4 Å². The van der Waals surface area contributed by atoms with Gasteiger partial charge in [-0.1, -0.05) is 45.2 Å². The molecule has 0 fully saturated rings. The molecule has 148 valence electrons. The molecule has 29 heavy (non-hydrogen) atoms. The van der Waals surface area contributed by atoms with E-state index in [0.717, 1.165) is 0 Å². The lowest BCUT2D eigenvalue weighted by Gasteiger charge is -2.13. The van der Waals surface area contributed by atoms with Crippen LogP contribution in [0.2, 0.25) is 10.0 Å². The number of hydrogen-bond acceptors (Lipinski definition) is 3. The molecule has 0 aliphatic carbocycles. The largest absolute Gasteiger partial charge is 0.454 e. The first-order valence-electron chi connectivity index (χ1n) is 8.26. The summed E-state index contributed by atoms with van der Waals surface area (Å²) in [6, 6.07) is 13.4. The quantitative estimate of drug-likeness (QED) is 0.323. The molecule has 3 rings (SSSR count). The maximum Gasteiger partial charge on any atom is 0.249 e. The van der Waals surface area contributed by atoms with E-state index >= 15 is 0 Å². The van der Waals surface area contributed by atoms with Crippen molar-refractivity contribution in [2.45, 2.75) is 0 Å². The Labute approximate surface area is 184 Å². The summed E-state index contributed by atoms with van der Waals surface area (Å²) in [5, 5.41) is 0.524. The maximum absolute atomic E-state index is 14.7. The summed E-state index contributed by atoms with van der Waals surface area (Å²) in [6.45, 7) is 0. The summed E-state index contributed by atoms with van der Waals surface area (Å²) in [5.41, 5.74) is 6.61. The van der Waals surface area contributed by atoms with Gasteiger partial charge < -0.3 is 10.5 Å². The molecule has 0 bridgehead atoms. The number of alkyl halides is 1. The monoisotopic (exact) mass is 495 g/mol. The second-order valence-corrected chi connectivity index (χ2v) is 7.32. The Hall–Kier alpha value is -2.41. The number of benzene rings is 3. The fourth-order valence-electron chi connectivity index (χ4n) is 2.69. The molecule has 0 aliphatic rings. The van der Waals surface area contributed by atoms with E-state index in [1.165, 1.54) is 24.3 Å². The fourth-order valence-corrected chi connectivity index (χ4v) is 3.45. The number of carbonyl (C=O) groups is 2. The Morgan fingerprint density at radius 1 is 1.03 bits per heavy atom. The van der Waals surface area contributed by atoms with Crippen LogP contribution in [0.3, 0.4) is 0 Å². The Morgan fingerprint density at radius 2 is 1.72 bits per heavy atom. The normalized spacial score (nSPS) is 10.6. The van der Waals surface area contributed by atoms with Gasteiger partial charge in [0.25, 0.3) is 0 Å². The van der Waals surface area contributed by atoms with Gasteiger partial charge in [-0.2, -0.15) is 0 Å². The minimum atomic E-state index is -0.711. The lowest BCUT2D eigenvalue weighted by atomic mass is 9.99. The molecule has 2 N–H and O–H groups in total. The molecule has 4 nitrogen and oxygen atoms in total. The Balaban J connectivity index is 1.93. The zero-order valence-electron chi connectivity index (χ0n) is 14.7. The van der Waals surface area contributed by atoms with E-state index in [2.05, 4.69) is 15.9 Å². The molecule has 0 saturated heterocycles. The molecule has 8 heteroatoms. The third-order valence-electron chi connectivity index (χ3n) is 4.11. The number of ether oxygens (including phenoxy) is 1. The van der Waals surface area contributed by atoms with E-state index in [4.69, 9.17) is 33.7 Å². The summed E-state index contributed by atoms with van der Waals surface area (Å²) < 4.78 is 20.2. The average Bonchev–Trinajstić information content (AvgIpc) is 2.71. The van der Waals surface area contributed by atoms with Crippen LogP contribution in [0.5, 0.6) is 11.5 Å². The van der Waals surface area contributed by atoms with Crippen molar-refractivity contribution in [3.05, 3.63) is 81.6 Å². The molecule has 0 spiro atoms. The predicted molar refractivity (Wildman–Crippen MR) is 115 cm³/mol. The third kappa shape index (κ3) is 4.61. The molecule has 1 amide bonds. The first kappa shape index (κ1) is 21.3. The second-order valence-electron chi connectivity index (χ2n) is 5.98. The SMILES string of the molecule is NC(=O)c1ccc(Cl)c(Cl)c1-c1ccc(Oc2ccc(C(=O)CBr)cc2)c(F)c1. The van der Waals surface area contributed by atoms with Crippen LogP contribution in [0, 0.1) is 5.82 Å². The summed E-state index contributed by atoms with van der Waals surface area (Å²) in [7, 11) is 0. The fraction of sp³-hybridized carbons (Fsp3) is 0.0476. The molecule has 0 aliphatic heterocycles. The molecule has 3 aromatic carbocycles. The number of amides is 1. The van der Waals surface area contributed by atoms with Crippen molar-refractivity contribution >= 4 is 50.8 Å². The van der Waals surface area contributed by atoms with E-state index in [1.807, 2.05) is 0 Å². The van der Waals surface area contributed by atoms with Crippen molar-refractivity contribution in [3.63, 3.8) is 0 Å². The molecule has 0 heterocycles. The third-order valence-corrected chi connectivity index (χ3v) is 5.42. The smallest absolute Gasteiger partial charge is 0.249 e. The number of primary amides is 1. The van der Waals surface area contributed by atoms with Crippen LogP contribution in [0.1, 0.15) is 20.7 Å². The summed E-state index contributed by atoms with van der Waals surface area (Å²) in [5.74, 6) is -1.13. The maximum atomic E-state index is 14.7. The van der Waals surface area contributed by atoms with Crippen LogP contribution in [0.15, 0.2) is 54.6 Å². The van der Waals surface area contributed by atoms with Gasteiger partial charge in [0.2, 0.25) is 5.91 Å². The highest BCUT2D eigenvalue weighted by Gasteiger charge is 2.18. The highest BCUT2D eigenvalue weighted by molar-refractivity contribution is 9.09. The lowest BCUT2D eigenvalue weighted by molar-refractivity contribution is 0.0997. The van der Waals surface area contributed by atoms with Crippen molar-refractivity contribution < 1.29 is 18.7 Å². The van der Waals surface area contributed by atoms with Crippen LogP contribution in [0.4, 0.5) is 4.39 Å². The standard InChI is InChI=1S/C21H13BrCl2FNO3/c22-10-17(27)11-1-4-13(5-2-11)29-18-8-3-12(9-16(18)25)19-14(21(26)28)6-7-15(23)20(19)24/h1-9H,10H2,(H2,26,28). The Kier molecular flexibility index (Phi) is 6.57. The van der Waals surface area contributed by atoms with Gasteiger partial charge in [0.15, 0.2) is 17.3 Å². The van der Waals surface area contributed by atoms with Gasteiger partial charge >= 0.3 is 0 Å². The molecule has 0 saturated carbocycles. The average molecular weight is 497 g/mol. The van der Waals surface area contributed by atoms with Gasteiger partial charge in [-0.3, -0.25) is 9.59 Å². The summed E-state index contributed by atoms with van der Waals surface area (Å²) in [4.78, 5) is 23.4. The van der Waals surface area contributed by atoms with Crippen LogP contribution in [-0.4, -0.2) is 17.0 Å². The molecular formula is C21H13BrCl2FNO3. The van der Waals surface area contributed by atoms with E-state index < -0.39 is 11.7 Å². The van der Waals surface area contributed by atoms with Crippen LogP contribution in [-0.2, 0) is 0 Å². The lowest BCUT2D eigenvalue weighted by Crippen LogP contribution is -2.12. The van der Waals surface area contributed by atoms with E-state index in [-0.39, 0.29) is 38.0 Å². The minimum absolute atomic E-state index is 0.0351. The molecule has 0 atom stereocenters. The van der Waals surface area contributed by atoms with Crippen LogP contribution >= 0.6 is 39.1 Å². The van der Waals surface area contributed by atoms with Gasteiger partial charge in [0.05, 0.1) is 15.4 Å². The number of hydrogen-bond donors (Lipinski definition) is 1. The van der Waals surface area contributed by atoms with E-state index in [0.29, 0.717) is 16.9 Å². The number of carbonyl (C=O) groups excluding carboxylic acids is 2. The zero-order chi connectivity index (χ0) is 21.1. The summed E-state index contributed by atoms with van der Waals surface area (Å²) in [6.07, 6.45) is 0. The zero-order valence-corrected chi connectivity index (χ0v) is 17.8. The number of ketones is 1. The molecule has 0 aromatic heterocycles. The Bertz CT molecular complexity index is 1100. The highest BCUT2D eigenvalue weighted by atomic mass is 79.9. The highest BCUT2D eigenvalue weighted by Crippen LogP contribution is 2.38. The van der Waals surface area contributed by atoms with Crippen LogP contribution in [0.25, 0.3) is 11.1 Å². The van der Waals surface area contributed by atoms with Crippen LogP contribution < -0.4 is 10.5 Å². The van der Waals surface area contributed by atoms with Gasteiger partial charge in [-0.25, -0.2) is 4.39 Å². The number of halogens is 4. The van der Waals surface area contributed by atoms with Crippen molar-refractivity contribution in [1.82, 2.24) is 0 Å².